The third-order valence-corrected chi connectivity index (χ3v) is 8.09. The molecule has 1 atom stereocenters. The van der Waals surface area contributed by atoms with E-state index >= 15 is 0 Å². The molecule has 1 fully saturated rings. The summed E-state index contributed by atoms with van der Waals surface area (Å²) >= 11 is 0. The Hall–Kier alpha value is -2.95. The number of aryl methyl sites for hydroxylation is 1. The number of esters is 1. The Morgan fingerprint density at radius 2 is 1.62 bits per heavy atom. The van der Waals surface area contributed by atoms with Crippen LogP contribution in [-0.4, -0.2) is 86.5 Å². The van der Waals surface area contributed by atoms with Gasteiger partial charge in [-0.3, -0.25) is 9.69 Å². The molecule has 1 unspecified atom stereocenters. The fourth-order valence-corrected chi connectivity index (χ4v) is 5.28. The minimum absolute atomic E-state index is 0.236. The van der Waals surface area contributed by atoms with Gasteiger partial charge in [-0.15, -0.1) is 0 Å². The molecule has 2 aromatic carbocycles. The normalized spacial score (nSPS) is 15.7. The first-order valence-electron chi connectivity index (χ1n) is 12.2. The van der Waals surface area contributed by atoms with Crippen molar-refractivity contribution in [2.24, 2.45) is 0 Å². The number of amides is 1. The minimum atomic E-state index is -3.67. The van der Waals surface area contributed by atoms with Crippen molar-refractivity contribution in [2.45, 2.75) is 56.7 Å². The third kappa shape index (κ3) is 7.09. The number of benzene rings is 2. The van der Waals surface area contributed by atoms with Crippen LogP contribution in [0, 0.1) is 6.92 Å². The van der Waals surface area contributed by atoms with Gasteiger partial charge in [-0.05, 0) is 51.5 Å². The van der Waals surface area contributed by atoms with Crippen LogP contribution in [0.3, 0.4) is 0 Å². The second-order valence-electron chi connectivity index (χ2n) is 10.6. The van der Waals surface area contributed by atoms with E-state index < -0.39 is 33.7 Å². The van der Waals surface area contributed by atoms with Crippen LogP contribution in [0.25, 0.3) is 0 Å². The predicted molar refractivity (Wildman–Crippen MR) is 141 cm³/mol. The maximum atomic E-state index is 13.3. The second-order valence-corrected chi connectivity index (χ2v) is 12.6. The number of sulfonamides is 1. The van der Waals surface area contributed by atoms with Gasteiger partial charge in [0.2, 0.25) is 10.0 Å². The molecule has 1 amide bonds. The SMILES string of the molecule is Cc1ccc(S(=O)(=O)N(C)C2CN(C(Cc3ccccc3OC(=O)N(C)C)C(=O)OC(C)(C)C)C2)cc1. The Morgan fingerprint density at radius 3 is 2.19 bits per heavy atom. The van der Waals surface area contributed by atoms with E-state index in [0.29, 0.717) is 24.4 Å². The monoisotopic (exact) mass is 531 g/mol. The Bertz CT molecular complexity index is 1220. The minimum Gasteiger partial charge on any atom is -0.459 e. The maximum absolute atomic E-state index is 13.3. The number of likely N-dealkylation sites (tertiary alicyclic amines) is 1. The van der Waals surface area contributed by atoms with Crippen molar-refractivity contribution < 1.29 is 27.5 Å². The van der Waals surface area contributed by atoms with Gasteiger partial charge in [-0.1, -0.05) is 35.9 Å². The van der Waals surface area contributed by atoms with Crippen LogP contribution in [-0.2, 0) is 26.0 Å². The summed E-state index contributed by atoms with van der Waals surface area (Å²) in [4.78, 5) is 28.9. The molecule has 9 nitrogen and oxygen atoms in total. The molecule has 1 aliphatic rings. The number of likely N-dealkylation sites (N-methyl/N-ethyl adjacent to an activating group) is 1. The van der Waals surface area contributed by atoms with Gasteiger partial charge < -0.3 is 14.4 Å². The van der Waals surface area contributed by atoms with Gasteiger partial charge in [-0.2, -0.15) is 4.31 Å². The molecule has 202 valence electrons. The van der Waals surface area contributed by atoms with E-state index in [1.807, 2.05) is 17.9 Å². The fraction of sp³-hybridized carbons (Fsp3) is 0.481. The van der Waals surface area contributed by atoms with E-state index in [9.17, 15) is 18.0 Å². The molecule has 1 aliphatic heterocycles. The lowest BCUT2D eigenvalue weighted by atomic mass is 9.98. The topological polar surface area (TPSA) is 96.5 Å². The molecule has 0 saturated carbocycles. The van der Waals surface area contributed by atoms with Gasteiger partial charge in [-0.25, -0.2) is 13.2 Å². The van der Waals surface area contributed by atoms with E-state index in [4.69, 9.17) is 9.47 Å². The maximum Gasteiger partial charge on any atom is 0.414 e. The third-order valence-electron chi connectivity index (χ3n) is 6.17. The zero-order valence-corrected chi connectivity index (χ0v) is 23.4. The van der Waals surface area contributed by atoms with Crippen LogP contribution < -0.4 is 4.74 Å². The van der Waals surface area contributed by atoms with Crippen LogP contribution >= 0.6 is 0 Å². The largest absolute Gasteiger partial charge is 0.459 e. The van der Waals surface area contributed by atoms with Crippen LogP contribution in [0.15, 0.2) is 53.4 Å². The van der Waals surface area contributed by atoms with Crippen molar-refractivity contribution in [2.75, 3.05) is 34.2 Å². The van der Waals surface area contributed by atoms with Crippen molar-refractivity contribution in [1.82, 2.24) is 14.1 Å². The van der Waals surface area contributed by atoms with Crippen LogP contribution in [0.2, 0.25) is 0 Å². The molecule has 0 N–H and O–H groups in total. The predicted octanol–water partition coefficient (Wildman–Crippen LogP) is 3.31. The van der Waals surface area contributed by atoms with E-state index in [0.717, 1.165) is 5.56 Å². The van der Waals surface area contributed by atoms with E-state index in [1.54, 1.807) is 84.4 Å². The summed E-state index contributed by atoms with van der Waals surface area (Å²) in [7, 11) is 1.08. The molecule has 37 heavy (non-hydrogen) atoms. The lowest BCUT2D eigenvalue weighted by molar-refractivity contribution is -0.164. The first-order valence-corrected chi connectivity index (χ1v) is 13.6. The average molecular weight is 532 g/mol. The quantitative estimate of drug-likeness (QED) is 0.482. The highest BCUT2D eigenvalue weighted by atomic mass is 32.2. The summed E-state index contributed by atoms with van der Waals surface area (Å²) in [6.07, 6.45) is -0.277. The Morgan fingerprint density at radius 1 is 1.03 bits per heavy atom. The highest BCUT2D eigenvalue weighted by molar-refractivity contribution is 7.89. The zero-order valence-electron chi connectivity index (χ0n) is 22.6. The second kappa shape index (κ2) is 11.2. The van der Waals surface area contributed by atoms with Crippen molar-refractivity contribution in [3.8, 4) is 5.75 Å². The summed E-state index contributed by atoms with van der Waals surface area (Å²) in [6.45, 7) is 8.04. The number of carbonyl (C=O) groups excluding carboxylic acids is 2. The summed E-state index contributed by atoms with van der Waals surface area (Å²) in [6, 6.07) is 12.8. The molecular weight excluding hydrogens is 494 g/mol. The number of hydrogen-bond donors (Lipinski definition) is 0. The van der Waals surface area contributed by atoms with Gasteiger partial charge in [0.25, 0.3) is 0 Å². The number of carbonyl (C=O) groups is 2. The zero-order chi connectivity index (χ0) is 27.5. The first-order chi connectivity index (χ1) is 17.2. The molecule has 10 heteroatoms. The van der Waals surface area contributed by atoms with Gasteiger partial charge in [0, 0.05) is 40.7 Å². The number of hydrogen-bond acceptors (Lipinski definition) is 7. The van der Waals surface area contributed by atoms with Crippen LogP contribution in [0.5, 0.6) is 5.75 Å². The standard InChI is InChI=1S/C27H37N3O6S/c1-19-12-14-22(15-13-19)37(33,34)29(7)21-17-30(18-21)23(25(31)36-27(2,3)4)16-20-10-8-9-11-24(20)35-26(32)28(5)6/h8-15,21,23H,16-18H2,1-7H3. The van der Waals surface area contributed by atoms with E-state index in [-0.39, 0.29) is 17.4 Å². The molecule has 0 spiro atoms. The molecular formula is C27H37N3O6S. The first kappa shape index (κ1) is 28.6. The molecule has 0 bridgehead atoms. The summed E-state index contributed by atoms with van der Waals surface area (Å²) < 4.78 is 38.8. The van der Waals surface area contributed by atoms with Crippen molar-refractivity contribution in [3.05, 3.63) is 59.7 Å². The smallest absolute Gasteiger partial charge is 0.414 e. The van der Waals surface area contributed by atoms with Gasteiger partial charge >= 0.3 is 12.1 Å². The van der Waals surface area contributed by atoms with Gasteiger partial charge in [0.1, 0.15) is 17.4 Å². The Kier molecular flexibility index (Phi) is 8.66. The Labute approximate surface area is 220 Å². The molecule has 1 heterocycles. The van der Waals surface area contributed by atoms with Gasteiger partial charge in [0.05, 0.1) is 10.9 Å². The molecule has 3 rings (SSSR count). The molecule has 1 saturated heterocycles. The molecule has 0 radical (unpaired) electrons. The highest BCUT2D eigenvalue weighted by Gasteiger charge is 2.43. The van der Waals surface area contributed by atoms with Crippen molar-refractivity contribution in [3.63, 3.8) is 0 Å². The van der Waals surface area contributed by atoms with E-state index in [2.05, 4.69) is 0 Å². The molecule has 0 aromatic heterocycles. The van der Waals surface area contributed by atoms with Crippen molar-refractivity contribution in [1.29, 1.82) is 0 Å². The van der Waals surface area contributed by atoms with Crippen LogP contribution in [0.1, 0.15) is 31.9 Å². The number of rotatable bonds is 8. The molecule has 2 aromatic rings. The number of para-hydroxylation sites is 1. The van der Waals surface area contributed by atoms with Crippen molar-refractivity contribution >= 4 is 22.1 Å². The summed E-state index contributed by atoms with van der Waals surface area (Å²) in [5.74, 6) is -0.0466. The summed E-state index contributed by atoms with van der Waals surface area (Å²) in [5.41, 5.74) is 0.966. The highest BCUT2D eigenvalue weighted by Crippen LogP contribution is 2.28. The Balaban J connectivity index is 1.79. The number of nitrogens with zero attached hydrogens (tertiary/aromatic N) is 3. The average Bonchev–Trinajstić information content (AvgIpc) is 2.77. The lowest BCUT2D eigenvalue weighted by Crippen LogP contribution is -2.64. The molecule has 0 aliphatic carbocycles. The number of ether oxygens (including phenoxy) is 2. The van der Waals surface area contributed by atoms with Crippen LogP contribution in [0.4, 0.5) is 4.79 Å². The lowest BCUT2D eigenvalue weighted by Gasteiger charge is -2.46. The summed E-state index contributed by atoms with van der Waals surface area (Å²) in [5, 5.41) is 0. The van der Waals surface area contributed by atoms with E-state index in [1.165, 1.54) is 9.21 Å². The van der Waals surface area contributed by atoms with Gasteiger partial charge in [0.15, 0.2) is 0 Å². The fourth-order valence-electron chi connectivity index (χ4n) is 3.94.